The van der Waals surface area contributed by atoms with E-state index in [0.717, 1.165) is 0 Å². The minimum atomic E-state index is -1.40. The van der Waals surface area contributed by atoms with E-state index in [0.29, 0.717) is 5.75 Å². The number of carboxylic acids is 1. The standard InChI is InChI=1S/C18H33N5O7S/c1-9(2)14(17(28)21-11(18(29)30)6-7-31-3)23-16(27)12(8-24)22-15(26)10(19)4-5-13(20)25/h9-12,14,24H,4-8,19H2,1-3H3,(H2,20,25)(H,21,28)(H,22,26)(H,23,27)(H,29,30). The topological polar surface area (TPSA) is 214 Å². The molecular weight excluding hydrogens is 430 g/mol. The molecule has 31 heavy (non-hydrogen) atoms. The van der Waals surface area contributed by atoms with Gasteiger partial charge in [0.15, 0.2) is 0 Å². The third-order valence-electron chi connectivity index (χ3n) is 4.33. The fourth-order valence-corrected chi connectivity index (χ4v) is 2.92. The third-order valence-corrected chi connectivity index (χ3v) is 4.97. The molecule has 178 valence electrons. The van der Waals surface area contributed by atoms with Crippen LogP contribution in [-0.4, -0.2) is 82.6 Å². The van der Waals surface area contributed by atoms with Crippen molar-refractivity contribution < 1.29 is 34.2 Å². The second-order valence-corrected chi connectivity index (χ2v) is 8.25. The molecule has 0 aromatic heterocycles. The highest BCUT2D eigenvalue weighted by molar-refractivity contribution is 7.98. The van der Waals surface area contributed by atoms with Crippen molar-refractivity contribution in [2.75, 3.05) is 18.6 Å². The molecule has 0 radical (unpaired) electrons. The first-order valence-corrected chi connectivity index (χ1v) is 11.1. The van der Waals surface area contributed by atoms with Crippen LogP contribution in [0.2, 0.25) is 0 Å². The summed E-state index contributed by atoms with van der Waals surface area (Å²) in [4.78, 5) is 59.3. The Kier molecular flexibility index (Phi) is 13.5. The zero-order valence-corrected chi connectivity index (χ0v) is 18.7. The molecule has 0 saturated carbocycles. The number of nitrogens with one attached hydrogen (secondary N) is 3. The van der Waals surface area contributed by atoms with Crippen LogP contribution in [0.25, 0.3) is 0 Å². The molecule has 0 spiro atoms. The number of aliphatic hydroxyl groups excluding tert-OH is 1. The van der Waals surface area contributed by atoms with Gasteiger partial charge in [-0.2, -0.15) is 11.8 Å². The number of thioether (sulfide) groups is 1. The molecule has 4 amide bonds. The average Bonchev–Trinajstić information content (AvgIpc) is 2.70. The number of carbonyl (C=O) groups is 5. The normalized spacial score (nSPS) is 14.8. The zero-order valence-electron chi connectivity index (χ0n) is 17.9. The average molecular weight is 464 g/mol. The lowest BCUT2D eigenvalue weighted by Crippen LogP contribution is -2.59. The van der Waals surface area contributed by atoms with Crippen LogP contribution in [0.15, 0.2) is 0 Å². The minimum Gasteiger partial charge on any atom is -0.480 e. The molecule has 12 nitrogen and oxygen atoms in total. The van der Waals surface area contributed by atoms with Crippen molar-refractivity contribution in [2.24, 2.45) is 17.4 Å². The number of hydrogen-bond acceptors (Lipinski definition) is 8. The molecule has 0 fully saturated rings. The van der Waals surface area contributed by atoms with Gasteiger partial charge in [-0.1, -0.05) is 13.8 Å². The van der Waals surface area contributed by atoms with Crippen LogP contribution in [-0.2, 0) is 24.0 Å². The van der Waals surface area contributed by atoms with Crippen molar-refractivity contribution in [3.8, 4) is 0 Å². The number of carbonyl (C=O) groups excluding carboxylic acids is 4. The molecule has 0 aromatic rings. The molecule has 4 unspecified atom stereocenters. The molecule has 4 atom stereocenters. The Balaban J connectivity index is 5.10. The number of aliphatic carboxylic acids is 1. The third kappa shape index (κ3) is 11.0. The summed E-state index contributed by atoms with van der Waals surface area (Å²) in [5.41, 5.74) is 10.6. The van der Waals surface area contributed by atoms with Crippen LogP contribution in [0.4, 0.5) is 0 Å². The molecule has 0 heterocycles. The fraction of sp³-hybridized carbons (Fsp3) is 0.722. The molecule has 0 aliphatic heterocycles. The predicted molar refractivity (Wildman–Crippen MR) is 115 cm³/mol. The molecule has 0 bridgehead atoms. The largest absolute Gasteiger partial charge is 0.480 e. The van der Waals surface area contributed by atoms with Gasteiger partial charge in [-0.3, -0.25) is 19.2 Å². The summed E-state index contributed by atoms with van der Waals surface area (Å²) in [7, 11) is 0. The van der Waals surface area contributed by atoms with Crippen molar-refractivity contribution in [1.82, 2.24) is 16.0 Å². The monoisotopic (exact) mass is 463 g/mol. The Hall–Kier alpha value is -2.38. The Morgan fingerprint density at radius 3 is 1.97 bits per heavy atom. The highest BCUT2D eigenvalue weighted by atomic mass is 32.2. The maximum atomic E-state index is 12.6. The highest BCUT2D eigenvalue weighted by Gasteiger charge is 2.31. The van der Waals surface area contributed by atoms with Gasteiger partial charge in [0, 0.05) is 6.42 Å². The van der Waals surface area contributed by atoms with E-state index in [4.69, 9.17) is 11.5 Å². The van der Waals surface area contributed by atoms with Gasteiger partial charge in [0.25, 0.3) is 0 Å². The maximum absolute atomic E-state index is 12.6. The number of hydrogen-bond donors (Lipinski definition) is 7. The van der Waals surface area contributed by atoms with Gasteiger partial charge in [-0.15, -0.1) is 0 Å². The lowest BCUT2D eigenvalue weighted by Gasteiger charge is -2.26. The maximum Gasteiger partial charge on any atom is 0.326 e. The highest BCUT2D eigenvalue weighted by Crippen LogP contribution is 2.06. The van der Waals surface area contributed by atoms with Crippen LogP contribution in [0.3, 0.4) is 0 Å². The lowest BCUT2D eigenvalue weighted by atomic mass is 10.0. The van der Waals surface area contributed by atoms with Crippen molar-refractivity contribution in [2.45, 2.75) is 57.3 Å². The molecule has 0 saturated heterocycles. The van der Waals surface area contributed by atoms with Crippen molar-refractivity contribution in [3.05, 3.63) is 0 Å². The van der Waals surface area contributed by atoms with Gasteiger partial charge in [-0.25, -0.2) is 4.79 Å². The van der Waals surface area contributed by atoms with E-state index in [9.17, 15) is 34.2 Å². The summed E-state index contributed by atoms with van der Waals surface area (Å²) in [6, 6.07) is -4.73. The second-order valence-electron chi connectivity index (χ2n) is 7.27. The van der Waals surface area contributed by atoms with E-state index >= 15 is 0 Å². The van der Waals surface area contributed by atoms with Gasteiger partial charge in [-0.05, 0) is 30.8 Å². The first kappa shape index (κ1) is 28.6. The fourth-order valence-electron chi connectivity index (χ4n) is 2.45. The lowest BCUT2D eigenvalue weighted by molar-refractivity contribution is -0.142. The van der Waals surface area contributed by atoms with E-state index in [1.54, 1.807) is 20.1 Å². The van der Waals surface area contributed by atoms with Gasteiger partial charge in [0.1, 0.15) is 18.1 Å². The number of primary amides is 1. The number of rotatable bonds is 15. The van der Waals surface area contributed by atoms with Crippen LogP contribution >= 0.6 is 11.8 Å². The van der Waals surface area contributed by atoms with Crippen LogP contribution < -0.4 is 27.4 Å². The predicted octanol–water partition coefficient (Wildman–Crippen LogP) is -2.48. The Morgan fingerprint density at radius 1 is 0.935 bits per heavy atom. The van der Waals surface area contributed by atoms with Crippen molar-refractivity contribution in [3.63, 3.8) is 0 Å². The Labute approximate surface area is 185 Å². The summed E-state index contributed by atoms with van der Waals surface area (Å²) in [5.74, 6) is -4.04. The molecule has 13 heteroatoms. The van der Waals surface area contributed by atoms with Gasteiger partial charge >= 0.3 is 5.97 Å². The van der Waals surface area contributed by atoms with Crippen molar-refractivity contribution >= 4 is 41.4 Å². The quantitative estimate of drug-likeness (QED) is 0.137. The molecule has 0 rings (SSSR count). The smallest absolute Gasteiger partial charge is 0.326 e. The van der Waals surface area contributed by atoms with Crippen LogP contribution in [0.1, 0.15) is 33.1 Å². The first-order valence-electron chi connectivity index (χ1n) is 9.72. The van der Waals surface area contributed by atoms with Gasteiger partial charge in [0.2, 0.25) is 23.6 Å². The van der Waals surface area contributed by atoms with Crippen LogP contribution in [0, 0.1) is 5.92 Å². The second kappa shape index (κ2) is 14.6. The van der Waals surface area contributed by atoms with Crippen LogP contribution in [0.5, 0.6) is 0 Å². The number of carboxylic acid groups (broad SMARTS) is 1. The van der Waals surface area contributed by atoms with Crippen molar-refractivity contribution in [1.29, 1.82) is 0 Å². The Bertz CT molecular complexity index is 647. The summed E-state index contributed by atoms with van der Waals surface area (Å²) in [6.07, 6.45) is 1.85. The summed E-state index contributed by atoms with van der Waals surface area (Å²) in [5, 5.41) is 25.8. The summed E-state index contributed by atoms with van der Waals surface area (Å²) in [6.45, 7) is 2.53. The number of nitrogens with two attached hydrogens (primary N) is 2. The summed E-state index contributed by atoms with van der Waals surface area (Å²) < 4.78 is 0. The molecule has 0 aromatic carbocycles. The van der Waals surface area contributed by atoms with E-state index in [2.05, 4.69) is 16.0 Å². The van der Waals surface area contributed by atoms with E-state index < -0.39 is 66.3 Å². The zero-order chi connectivity index (χ0) is 24.1. The van der Waals surface area contributed by atoms with Gasteiger partial charge < -0.3 is 37.6 Å². The number of aliphatic hydroxyl groups is 1. The molecule has 0 aliphatic carbocycles. The minimum absolute atomic E-state index is 0.0371. The summed E-state index contributed by atoms with van der Waals surface area (Å²) >= 11 is 1.43. The van der Waals surface area contributed by atoms with E-state index in [-0.39, 0.29) is 19.3 Å². The van der Waals surface area contributed by atoms with E-state index in [1.165, 1.54) is 11.8 Å². The van der Waals surface area contributed by atoms with E-state index in [1.807, 2.05) is 0 Å². The SMILES string of the molecule is CSCCC(NC(=O)C(NC(=O)C(CO)NC(=O)C(N)CCC(N)=O)C(C)C)C(=O)O. The molecular formula is C18H33N5O7S. The first-order chi connectivity index (χ1) is 14.4. The molecule has 0 aliphatic rings. The number of amides is 4. The Morgan fingerprint density at radius 2 is 1.52 bits per heavy atom. The van der Waals surface area contributed by atoms with Gasteiger partial charge in [0.05, 0.1) is 12.6 Å². The molecule has 9 N–H and O–H groups in total.